The third-order valence-electron chi connectivity index (χ3n) is 1.31. The topological polar surface area (TPSA) is 26.3 Å². The number of rotatable bonds is 6. The molecule has 2 nitrogen and oxygen atoms in total. The van der Waals surface area contributed by atoms with Crippen molar-refractivity contribution in [3.05, 3.63) is 0 Å². The first-order chi connectivity index (χ1) is 6.45. The predicted octanol–water partition coefficient (Wildman–Crippen LogP) is 2.63. The molecule has 0 aliphatic heterocycles. The minimum atomic E-state index is -4.09. The van der Waals surface area contributed by atoms with E-state index in [4.69, 9.17) is 0 Å². The second-order valence-corrected chi connectivity index (χ2v) is 3.78. The second-order valence-electron chi connectivity index (χ2n) is 2.55. The van der Waals surface area contributed by atoms with Gasteiger partial charge in [0.2, 0.25) is 0 Å². The Bertz CT molecular complexity index is 170. The van der Waals surface area contributed by atoms with Gasteiger partial charge >= 0.3 is 12.1 Å². The lowest BCUT2D eigenvalue weighted by Crippen LogP contribution is -2.10. The largest absolute Gasteiger partial charge is 0.465 e. The number of halogens is 3. The molecular weight excluding hydrogens is 217 g/mol. The van der Waals surface area contributed by atoms with Gasteiger partial charge in [-0.2, -0.15) is 24.9 Å². The van der Waals surface area contributed by atoms with Gasteiger partial charge in [0.25, 0.3) is 0 Å². The lowest BCUT2D eigenvalue weighted by molar-refractivity contribution is -0.142. The van der Waals surface area contributed by atoms with Crippen molar-refractivity contribution in [2.75, 3.05) is 18.1 Å². The zero-order valence-corrected chi connectivity index (χ0v) is 8.71. The summed E-state index contributed by atoms with van der Waals surface area (Å²) in [5.74, 6) is 0.121. The highest BCUT2D eigenvalue weighted by molar-refractivity contribution is 7.99. The lowest BCUT2D eigenvalue weighted by Gasteiger charge is -2.05. The third-order valence-corrected chi connectivity index (χ3v) is 2.26. The van der Waals surface area contributed by atoms with Crippen LogP contribution in [0.1, 0.15) is 19.8 Å². The Kier molecular flexibility index (Phi) is 6.78. The van der Waals surface area contributed by atoms with Crippen molar-refractivity contribution < 1.29 is 22.7 Å². The summed E-state index contributed by atoms with van der Waals surface area (Å²) in [5, 5.41) is 0. The molecule has 0 amide bonds. The van der Waals surface area contributed by atoms with Crippen LogP contribution in [-0.2, 0) is 9.53 Å². The first-order valence-corrected chi connectivity index (χ1v) is 5.41. The van der Waals surface area contributed by atoms with Gasteiger partial charge in [-0.3, -0.25) is 4.79 Å². The smallest absolute Gasteiger partial charge is 0.389 e. The van der Waals surface area contributed by atoms with E-state index in [2.05, 4.69) is 4.74 Å². The van der Waals surface area contributed by atoms with Gasteiger partial charge in [-0.05, 0) is 0 Å². The van der Waals surface area contributed by atoms with E-state index in [0.717, 1.165) is 11.8 Å². The number of hydrogen-bond donors (Lipinski definition) is 0. The van der Waals surface area contributed by atoms with E-state index in [0.29, 0.717) is 12.2 Å². The fraction of sp³-hybridized carbons (Fsp3) is 0.875. The minimum Gasteiger partial charge on any atom is -0.465 e. The highest BCUT2D eigenvalue weighted by Crippen LogP contribution is 2.21. The molecule has 0 aromatic carbocycles. The Morgan fingerprint density at radius 2 is 2.00 bits per heavy atom. The normalized spacial score (nSPS) is 11.4. The van der Waals surface area contributed by atoms with Gasteiger partial charge in [-0.15, -0.1) is 0 Å². The van der Waals surface area contributed by atoms with E-state index in [1.807, 2.05) is 0 Å². The van der Waals surface area contributed by atoms with Gasteiger partial charge < -0.3 is 4.74 Å². The number of carbonyl (C=O) groups excluding carboxylic acids is 1. The van der Waals surface area contributed by atoms with E-state index in [1.54, 1.807) is 6.92 Å². The van der Waals surface area contributed by atoms with E-state index in [-0.39, 0.29) is 18.3 Å². The Labute approximate surface area is 85.2 Å². The molecule has 0 N–H and O–H groups in total. The van der Waals surface area contributed by atoms with Crippen molar-refractivity contribution in [2.24, 2.45) is 0 Å². The first kappa shape index (κ1) is 13.6. The Morgan fingerprint density at radius 3 is 2.50 bits per heavy atom. The Morgan fingerprint density at radius 1 is 1.36 bits per heavy atom. The van der Waals surface area contributed by atoms with E-state index >= 15 is 0 Å². The Hall–Kier alpha value is -0.390. The van der Waals surface area contributed by atoms with E-state index in [1.165, 1.54) is 0 Å². The van der Waals surface area contributed by atoms with Crippen LogP contribution in [0.5, 0.6) is 0 Å². The SMILES string of the molecule is CCC(=O)OCCSCCC(F)(F)F. The number of hydrogen-bond acceptors (Lipinski definition) is 3. The van der Waals surface area contributed by atoms with Crippen molar-refractivity contribution in [3.8, 4) is 0 Å². The maximum absolute atomic E-state index is 11.6. The molecule has 0 rings (SSSR count). The van der Waals surface area contributed by atoms with Crippen LogP contribution in [0.15, 0.2) is 0 Å². The van der Waals surface area contributed by atoms with Crippen LogP contribution in [0.25, 0.3) is 0 Å². The number of carbonyl (C=O) groups is 1. The van der Waals surface area contributed by atoms with Crippen molar-refractivity contribution in [1.29, 1.82) is 0 Å². The van der Waals surface area contributed by atoms with Gasteiger partial charge in [0, 0.05) is 17.9 Å². The summed E-state index contributed by atoms with van der Waals surface area (Å²) in [5.41, 5.74) is 0. The van der Waals surface area contributed by atoms with Crippen LogP contribution >= 0.6 is 11.8 Å². The zero-order valence-electron chi connectivity index (χ0n) is 7.89. The van der Waals surface area contributed by atoms with Gasteiger partial charge in [0.15, 0.2) is 0 Å². The number of ether oxygens (including phenoxy) is 1. The number of alkyl halides is 3. The minimum absolute atomic E-state index is 0.0210. The molecule has 14 heavy (non-hydrogen) atoms. The highest BCUT2D eigenvalue weighted by atomic mass is 32.2. The third kappa shape index (κ3) is 9.70. The summed E-state index contributed by atoms with van der Waals surface area (Å²) in [4.78, 5) is 10.6. The standard InChI is InChI=1S/C8H13F3O2S/c1-2-7(12)13-4-6-14-5-3-8(9,10)11/h2-6H2,1H3. The molecule has 0 spiro atoms. The molecule has 0 fully saturated rings. The molecule has 0 radical (unpaired) electrons. The average molecular weight is 230 g/mol. The molecule has 0 heterocycles. The summed E-state index contributed by atoms with van der Waals surface area (Å²) in [6, 6.07) is 0. The van der Waals surface area contributed by atoms with Crippen LogP contribution in [0.4, 0.5) is 13.2 Å². The average Bonchev–Trinajstić information content (AvgIpc) is 2.08. The summed E-state index contributed by atoms with van der Waals surface area (Å²) in [6.07, 6.45) is -4.58. The number of esters is 1. The molecule has 0 atom stereocenters. The van der Waals surface area contributed by atoms with Crippen molar-refractivity contribution in [1.82, 2.24) is 0 Å². The lowest BCUT2D eigenvalue weighted by atomic mass is 10.5. The monoisotopic (exact) mass is 230 g/mol. The maximum Gasteiger partial charge on any atom is 0.389 e. The van der Waals surface area contributed by atoms with Crippen molar-refractivity contribution in [3.63, 3.8) is 0 Å². The first-order valence-electron chi connectivity index (χ1n) is 4.26. The summed E-state index contributed by atoms with van der Waals surface area (Å²) in [6.45, 7) is 1.86. The molecule has 0 bridgehead atoms. The molecule has 0 aliphatic carbocycles. The fourth-order valence-corrected chi connectivity index (χ4v) is 1.39. The number of thioether (sulfide) groups is 1. The van der Waals surface area contributed by atoms with Gasteiger partial charge in [0.05, 0.1) is 6.42 Å². The molecule has 0 saturated heterocycles. The Balaban J connectivity index is 3.18. The molecule has 0 aromatic heterocycles. The van der Waals surface area contributed by atoms with E-state index in [9.17, 15) is 18.0 Å². The van der Waals surface area contributed by atoms with Gasteiger partial charge in [0.1, 0.15) is 6.61 Å². The molecule has 0 saturated carbocycles. The van der Waals surface area contributed by atoms with Crippen LogP contribution in [0, 0.1) is 0 Å². The van der Waals surface area contributed by atoms with Crippen LogP contribution in [-0.4, -0.2) is 30.3 Å². The van der Waals surface area contributed by atoms with Crippen LogP contribution < -0.4 is 0 Å². The van der Waals surface area contributed by atoms with Crippen molar-refractivity contribution in [2.45, 2.75) is 25.9 Å². The summed E-state index contributed by atoms with van der Waals surface area (Å²) in [7, 11) is 0. The quantitative estimate of drug-likeness (QED) is 0.518. The molecule has 84 valence electrons. The van der Waals surface area contributed by atoms with Crippen LogP contribution in [0.3, 0.4) is 0 Å². The van der Waals surface area contributed by atoms with Crippen molar-refractivity contribution >= 4 is 17.7 Å². The summed E-state index contributed by atoms with van der Waals surface area (Å²) >= 11 is 1.14. The summed E-state index contributed by atoms with van der Waals surface area (Å²) < 4.78 is 39.6. The van der Waals surface area contributed by atoms with E-state index < -0.39 is 12.6 Å². The molecule has 0 aromatic rings. The molecule has 0 unspecified atom stereocenters. The zero-order chi connectivity index (χ0) is 11.0. The molecule has 6 heteroatoms. The second kappa shape index (κ2) is 6.98. The fourth-order valence-electron chi connectivity index (χ4n) is 0.606. The van der Waals surface area contributed by atoms with Gasteiger partial charge in [-0.25, -0.2) is 0 Å². The van der Waals surface area contributed by atoms with Crippen LogP contribution in [0.2, 0.25) is 0 Å². The van der Waals surface area contributed by atoms with Gasteiger partial charge in [-0.1, -0.05) is 6.92 Å². The maximum atomic E-state index is 11.6. The predicted molar refractivity (Wildman–Crippen MR) is 49.2 cm³/mol. The molecule has 0 aliphatic rings. The highest BCUT2D eigenvalue weighted by Gasteiger charge is 2.25. The molecular formula is C8H13F3O2S.